The predicted octanol–water partition coefficient (Wildman–Crippen LogP) is 2.46. The van der Waals surface area contributed by atoms with Crippen LogP contribution in [0.15, 0.2) is 18.3 Å². The summed E-state index contributed by atoms with van der Waals surface area (Å²) >= 11 is 0. The molecule has 0 bridgehead atoms. The minimum Gasteiger partial charge on any atom is -0.341 e. The van der Waals surface area contributed by atoms with Gasteiger partial charge in [-0.3, -0.25) is 0 Å². The first-order chi connectivity index (χ1) is 7.61. The number of hydrogen-bond acceptors (Lipinski definition) is 2. The SMILES string of the molecule is Cc1cc(C)c(-c2cnc(CN)[nH]2)c(C)c1. The number of nitrogens with zero attached hydrogens (tertiary/aromatic N) is 1. The lowest BCUT2D eigenvalue weighted by atomic mass is 9.98. The highest BCUT2D eigenvalue weighted by Crippen LogP contribution is 2.26. The molecule has 0 radical (unpaired) electrons. The fourth-order valence-electron chi connectivity index (χ4n) is 2.20. The van der Waals surface area contributed by atoms with Crippen molar-refractivity contribution in [3.05, 3.63) is 40.8 Å². The van der Waals surface area contributed by atoms with E-state index in [2.05, 4.69) is 42.9 Å². The Morgan fingerprint density at radius 2 is 1.81 bits per heavy atom. The van der Waals surface area contributed by atoms with Gasteiger partial charge in [-0.1, -0.05) is 17.7 Å². The number of nitrogens with two attached hydrogens (primary N) is 1. The van der Waals surface area contributed by atoms with Gasteiger partial charge in [0.1, 0.15) is 5.82 Å². The lowest BCUT2D eigenvalue weighted by molar-refractivity contribution is 0.950. The molecule has 0 saturated carbocycles. The van der Waals surface area contributed by atoms with Crippen molar-refractivity contribution in [1.29, 1.82) is 0 Å². The second-order valence-electron chi connectivity index (χ2n) is 4.22. The quantitative estimate of drug-likeness (QED) is 0.808. The molecular formula is C13H17N3. The van der Waals surface area contributed by atoms with Crippen LogP contribution in [0.3, 0.4) is 0 Å². The van der Waals surface area contributed by atoms with Gasteiger partial charge in [0.15, 0.2) is 0 Å². The van der Waals surface area contributed by atoms with E-state index in [0.717, 1.165) is 11.5 Å². The maximum atomic E-state index is 5.55. The van der Waals surface area contributed by atoms with Crippen molar-refractivity contribution in [2.75, 3.05) is 0 Å². The smallest absolute Gasteiger partial charge is 0.120 e. The molecular weight excluding hydrogens is 198 g/mol. The van der Waals surface area contributed by atoms with Crippen LogP contribution in [-0.2, 0) is 6.54 Å². The average molecular weight is 215 g/mol. The summed E-state index contributed by atoms with van der Waals surface area (Å²) in [5.41, 5.74) is 11.7. The van der Waals surface area contributed by atoms with E-state index in [0.29, 0.717) is 6.54 Å². The highest BCUT2D eigenvalue weighted by Gasteiger charge is 2.08. The molecule has 3 nitrogen and oxygen atoms in total. The third-order valence-electron chi connectivity index (χ3n) is 2.77. The molecule has 1 aromatic heterocycles. The molecule has 16 heavy (non-hydrogen) atoms. The Labute approximate surface area is 95.7 Å². The van der Waals surface area contributed by atoms with E-state index in [1.807, 2.05) is 6.20 Å². The van der Waals surface area contributed by atoms with Gasteiger partial charge in [-0.25, -0.2) is 4.98 Å². The van der Waals surface area contributed by atoms with Crippen molar-refractivity contribution < 1.29 is 0 Å². The minimum atomic E-state index is 0.448. The third kappa shape index (κ3) is 1.86. The summed E-state index contributed by atoms with van der Waals surface area (Å²) in [6.07, 6.45) is 1.85. The third-order valence-corrected chi connectivity index (χ3v) is 2.77. The number of aromatic amines is 1. The van der Waals surface area contributed by atoms with Crippen LogP contribution in [0.1, 0.15) is 22.5 Å². The van der Waals surface area contributed by atoms with Crippen LogP contribution in [0, 0.1) is 20.8 Å². The van der Waals surface area contributed by atoms with E-state index >= 15 is 0 Å². The number of imidazole rings is 1. The maximum Gasteiger partial charge on any atom is 0.120 e. The normalized spacial score (nSPS) is 10.8. The first-order valence-corrected chi connectivity index (χ1v) is 5.44. The summed E-state index contributed by atoms with van der Waals surface area (Å²) in [5, 5.41) is 0. The van der Waals surface area contributed by atoms with Crippen molar-refractivity contribution in [1.82, 2.24) is 9.97 Å². The fourth-order valence-corrected chi connectivity index (χ4v) is 2.20. The number of rotatable bonds is 2. The van der Waals surface area contributed by atoms with Gasteiger partial charge in [0.2, 0.25) is 0 Å². The first-order valence-electron chi connectivity index (χ1n) is 5.44. The fraction of sp³-hybridized carbons (Fsp3) is 0.308. The molecule has 3 heteroatoms. The van der Waals surface area contributed by atoms with Gasteiger partial charge >= 0.3 is 0 Å². The minimum absolute atomic E-state index is 0.448. The Morgan fingerprint density at radius 1 is 1.19 bits per heavy atom. The lowest BCUT2D eigenvalue weighted by Gasteiger charge is -2.09. The first kappa shape index (κ1) is 10.9. The molecule has 1 heterocycles. The molecule has 84 valence electrons. The predicted molar refractivity (Wildman–Crippen MR) is 66.1 cm³/mol. The molecule has 0 aliphatic heterocycles. The average Bonchev–Trinajstić information content (AvgIpc) is 2.64. The molecule has 0 saturated heterocycles. The zero-order valence-corrected chi connectivity index (χ0v) is 9.96. The van der Waals surface area contributed by atoms with Crippen LogP contribution in [0.25, 0.3) is 11.3 Å². The Morgan fingerprint density at radius 3 is 2.31 bits per heavy atom. The monoisotopic (exact) mass is 215 g/mol. The molecule has 3 N–H and O–H groups in total. The molecule has 0 fully saturated rings. The summed E-state index contributed by atoms with van der Waals surface area (Å²) in [6, 6.07) is 4.37. The summed E-state index contributed by atoms with van der Waals surface area (Å²) in [6.45, 7) is 6.81. The Kier molecular flexibility index (Phi) is 2.79. The zero-order chi connectivity index (χ0) is 11.7. The molecule has 0 spiro atoms. The van der Waals surface area contributed by atoms with Gasteiger partial charge in [0, 0.05) is 5.56 Å². The van der Waals surface area contributed by atoms with E-state index in [1.54, 1.807) is 0 Å². The Balaban J connectivity index is 2.55. The van der Waals surface area contributed by atoms with E-state index in [9.17, 15) is 0 Å². The highest BCUT2D eigenvalue weighted by molar-refractivity contribution is 5.67. The van der Waals surface area contributed by atoms with Gasteiger partial charge in [-0.15, -0.1) is 0 Å². The van der Waals surface area contributed by atoms with E-state index in [-0.39, 0.29) is 0 Å². The van der Waals surface area contributed by atoms with Crippen molar-refractivity contribution in [3.8, 4) is 11.3 Å². The Bertz CT molecular complexity index is 489. The Hall–Kier alpha value is -1.61. The number of nitrogens with one attached hydrogen (secondary N) is 1. The lowest BCUT2D eigenvalue weighted by Crippen LogP contribution is -1.98. The molecule has 2 aromatic rings. The van der Waals surface area contributed by atoms with Crippen LogP contribution in [0.2, 0.25) is 0 Å². The van der Waals surface area contributed by atoms with Crippen molar-refractivity contribution in [2.24, 2.45) is 5.73 Å². The second-order valence-corrected chi connectivity index (χ2v) is 4.22. The molecule has 0 amide bonds. The van der Waals surface area contributed by atoms with Gasteiger partial charge in [-0.2, -0.15) is 0 Å². The zero-order valence-electron chi connectivity index (χ0n) is 9.96. The van der Waals surface area contributed by atoms with Crippen LogP contribution in [-0.4, -0.2) is 9.97 Å². The topological polar surface area (TPSA) is 54.7 Å². The van der Waals surface area contributed by atoms with Crippen molar-refractivity contribution >= 4 is 0 Å². The molecule has 2 rings (SSSR count). The highest BCUT2D eigenvalue weighted by atomic mass is 14.9. The molecule has 0 aliphatic rings. The molecule has 0 unspecified atom stereocenters. The van der Waals surface area contributed by atoms with E-state index in [4.69, 9.17) is 5.73 Å². The van der Waals surface area contributed by atoms with E-state index in [1.165, 1.54) is 22.3 Å². The summed E-state index contributed by atoms with van der Waals surface area (Å²) in [5.74, 6) is 0.828. The largest absolute Gasteiger partial charge is 0.341 e. The van der Waals surface area contributed by atoms with Gasteiger partial charge in [0.05, 0.1) is 18.4 Å². The van der Waals surface area contributed by atoms with Gasteiger partial charge < -0.3 is 10.7 Å². The van der Waals surface area contributed by atoms with E-state index < -0.39 is 0 Å². The number of H-pyrrole nitrogens is 1. The summed E-state index contributed by atoms with van der Waals surface area (Å²) < 4.78 is 0. The number of aryl methyl sites for hydroxylation is 3. The van der Waals surface area contributed by atoms with Crippen LogP contribution >= 0.6 is 0 Å². The van der Waals surface area contributed by atoms with Gasteiger partial charge in [0.25, 0.3) is 0 Å². The molecule has 0 atom stereocenters. The van der Waals surface area contributed by atoms with Gasteiger partial charge in [-0.05, 0) is 31.9 Å². The molecule has 0 aliphatic carbocycles. The number of aromatic nitrogens is 2. The second kappa shape index (κ2) is 4.10. The maximum absolute atomic E-state index is 5.55. The number of benzene rings is 1. The number of hydrogen-bond donors (Lipinski definition) is 2. The van der Waals surface area contributed by atoms with Crippen LogP contribution in [0.4, 0.5) is 0 Å². The summed E-state index contributed by atoms with van der Waals surface area (Å²) in [4.78, 5) is 7.48. The van der Waals surface area contributed by atoms with Crippen molar-refractivity contribution in [2.45, 2.75) is 27.3 Å². The van der Waals surface area contributed by atoms with Crippen molar-refractivity contribution in [3.63, 3.8) is 0 Å². The standard InChI is InChI=1S/C13H17N3/c1-8-4-9(2)13(10(3)5-8)11-7-15-12(6-14)16-11/h4-5,7H,6,14H2,1-3H3,(H,15,16). The summed E-state index contributed by atoms with van der Waals surface area (Å²) in [7, 11) is 0. The molecule has 1 aromatic carbocycles. The van der Waals surface area contributed by atoms with Crippen LogP contribution < -0.4 is 5.73 Å². The van der Waals surface area contributed by atoms with Crippen LogP contribution in [0.5, 0.6) is 0 Å².